The maximum absolute atomic E-state index is 16.1. The van der Waals surface area contributed by atoms with E-state index in [1.54, 1.807) is 79.5 Å². The lowest BCUT2D eigenvalue weighted by Gasteiger charge is -2.35. The molecule has 0 spiro atoms. The average Bonchev–Trinajstić information content (AvgIpc) is 4.10. The van der Waals surface area contributed by atoms with Crippen LogP contribution in [0.4, 0.5) is 8.78 Å². The van der Waals surface area contributed by atoms with Gasteiger partial charge in [0.1, 0.15) is 22.2 Å². The number of rotatable bonds is 7. The molecule has 330 valence electrons. The Hall–Kier alpha value is -6.66. The van der Waals surface area contributed by atoms with E-state index < -0.39 is 33.5 Å². The molecule has 1 amide bonds. The van der Waals surface area contributed by atoms with Crippen molar-refractivity contribution in [3.05, 3.63) is 135 Å². The quantitative estimate of drug-likeness (QED) is 0.167. The Bertz CT molecular complexity index is 3380. The Morgan fingerprint density at radius 2 is 1.66 bits per heavy atom. The predicted molar refractivity (Wildman–Crippen MR) is 235 cm³/mol. The number of carbonyl (C=O) groups excluding carboxylic acids is 1. The van der Waals surface area contributed by atoms with Crippen LogP contribution in [-0.2, 0) is 35.3 Å². The van der Waals surface area contributed by atoms with E-state index in [9.17, 15) is 13.2 Å². The van der Waals surface area contributed by atoms with Gasteiger partial charge in [-0.1, -0.05) is 6.07 Å². The molecule has 2 aliphatic rings. The molecule has 5 aromatic heterocycles. The number of hydrogen-bond donors (Lipinski definition) is 0. The van der Waals surface area contributed by atoms with Crippen LogP contribution < -0.4 is 5.69 Å². The summed E-state index contributed by atoms with van der Waals surface area (Å²) in [6.45, 7) is 9.96. The molecule has 0 radical (unpaired) electrons. The lowest BCUT2D eigenvalue weighted by atomic mass is 9.83. The lowest BCUT2D eigenvalue weighted by molar-refractivity contribution is -0.0592. The van der Waals surface area contributed by atoms with Crippen molar-refractivity contribution in [1.82, 2.24) is 47.3 Å². The third-order valence-corrected chi connectivity index (χ3v) is 14.6. The van der Waals surface area contributed by atoms with Crippen molar-refractivity contribution in [2.75, 3.05) is 13.2 Å². The number of imidazole rings is 1. The number of ether oxygens (including phenoxy) is 1. The van der Waals surface area contributed by atoms with Crippen LogP contribution in [0.1, 0.15) is 84.0 Å². The van der Waals surface area contributed by atoms with Crippen molar-refractivity contribution >= 4 is 37.7 Å². The van der Waals surface area contributed by atoms with Gasteiger partial charge in [0.05, 0.1) is 57.5 Å². The smallest absolute Gasteiger partial charge is 0.338 e. The number of fused-ring (bicyclic) bond motifs is 3. The van der Waals surface area contributed by atoms with E-state index >= 15 is 13.6 Å². The summed E-state index contributed by atoms with van der Waals surface area (Å²) in [6, 6.07) is 13.0. The third kappa shape index (κ3) is 6.44. The molecule has 1 saturated heterocycles. The molecule has 0 aliphatic carbocycles. The molecule has 18 heteroatoms. The Morgan fingerprint density at radius 3 is 2.38 bits per heavy atom. The average molecular weight is 889 g/mol. The summed E-state index contributed by atoms with van der Waals surface area (Å²) < 4.78 is 74.5. The summed E-state index contributed by atoms with van der Waals surface area (Å²) in [4.78, 5) is 31.3. The van der Waals surface area contributed by atoms with Crippen molar-refractivity contribution in [2.24, 2.45) is 14.1 Å². The number of carbonyl (C=O) groups is 1. The number of nitrogens with zero attached hydrogens (tertiary/aromatic N) is 10. The highest BCUT2D eigenvalue weighted by Crippen LogP contribution is 2.40. The number of aromatic nitrogens is 9. The minimum atomic E-state index is -4.36. The first-order valence-electron chi connectivity index (χ1n) is 21.1. The molecular formula is C46H46F2N10O5S. The summed E-state index contributed by atoms with van der Waals surface area (Å²) in [5.74, 6) is -1.12. The van der Waals surface area contributed by atoms with E-state index in [0.717, 1.165) is 22.4 Å². The molecule has 0 bridgehead atoms. The van der Waals surface area contributed by atoms with E-state index in [4.69, 9.17) is 9.84 Å². The molecule has 0 N–H and O–H groups in total. The van der Waals surface area contributed by atoms with Gasteiger partial charge < -0.3 is 9.64 Å². The maximum Gasteiger partial charge on any atom is 0.338 e. The van der Waals surface area contributed by atoms with Crippen LogP contribution >= 0.6 is 0 Å². The molecule has 15 nitrogen and oxygen atoms in total. The highest BCUT2D eigenvalue weighted by molar-refractivity contribution is 7.90. The van der Waals surface area contributed by atoms with Crippen LogP contribution in [0.15, 0.2) is 89.2 Å². The molecule has 1 fully saturated rings. The van der Waals surface area contributed by atoms with Crippen LogP contribution in [-0.4, -0.2) is 80.4 Å². The zero-order valence-electron chi connectivity index (χ0n) is 36.4. The van der Waals surface area contributed by atoms with Crippen molar-refractivity contribution < 1.29 is 26.7 Å². The standard InChI is InChI=1S/C46H46F2N10O5S/c1-26-18-32(19-27(2)41(26)47)57-43(56-16-15-55(45(56)60)38-11-10-37-34(42(38)48)24-50-53(37)7)40-28(3)54(14-12-35(40)51-57)44(59)39-21-31-20-29(30-13-17-63-46(4,5)22-30)8-9-36(31)58(39)64(61,62)33-23-49-52(6)25-33/h8-11,15-16,18-21,23-25,28,30H,12-14,17,22H2,1-7H3/t28-,30?/m0/s1. The minimum Gasteiger partial charge on any atom is -0.376 e. The number of amides is 1. The summed E-state index contributed by atoms with van der Waals surface area (Å²) in [7, 11) is -1.03. The van der Waals surface area contributed by atoms with Crippen molar-refractivity contribution in [1.29, 1.82) is 0 Å². The number of halogens is 2. The van der Waals surface area contributed by atoms with Crippen LogP contribution in [0.2, 0.25) is 0 Å². The first kappa shape index (κ1) is 41.4. The van der Waals surface area contributed by atoms with Gasteiger partial charge in [0, 0.05) is 63.2 Å². The Kier molecular flexibility index (Phi) is 9.50. The molecule has 10 rings (SSSR count). The van der Waals surface area contributed by atoms with Gasteiger partial charge in [0.15, 0.2) is 5.82 Å². The Balaban J connectivity index is 1.12. The Morgan fingerprint density at radius 1 is 0.922 bits per heavy atom. The fourth-order valence-electron chi connectivity index (χ4n) is 9.65. The zero-order valence-corrected chi connectivity index (χ0v) is 37.2. The van der Waals surface area contributed by atoms with Gasteiger partial charge in [0.2, 0.25) is 0 Å². The number of hydrogen-bond acceptors (Lipinski definition) is 8. The summed E-state index contributed by atoms with van der Waals surface area (Å²) >= 11 is 0. The number of aryl methyl sites for hydroxylation is 4. The zero-order chi connectivity index (χ0) is 45.1. The van der Waals surface area contributed by atoms with Crippen LogP contribution in [0, 0.1) is 25.5 Å². The van der Waals surface area contributed by atoms with Gasteiger partial charge in [-0.05, 0) is 113 Å². The van der Waals surface area contributed by atoms with Crippen molar-refractivity contribution in [3.63, 3.8) is 0 Å². The largest absolute Gasteiger partial charge is 0.376 e. The molecule has 64 heavy (non-hydrogen) atoms. The van der Waals surface area contributed by atoms with Gasteiger partial charge in [-0.2, -0.15) is 15.3 Å². The Labute approximate surface area is 366 Å². The van der Waals surface area contributed by atoms with Crippen LogP contribution in [0.25, 0.3) is 39.0 Å². The summed E-state index contributed by atoms with van der Waals surface area (Å²) in [5, 5.41) is 14.1. The molecule has 7 heterocycles. The monoisotopic (exact) mass is 888 g/mol. The molecular weight excluding hydrogens is 843 g/mol. The molecule has 1 unspecified atom stereocenters. The first-order valence-corrected chi connectivity index (χ1v) is 22.5. The van der Waals surface area contributed by atoms with Gasteiger partial charge >= 0.3 is 5.69 Å². The fraction of sp³-hybridized carbons (Fsp3) is 0.326. The van der Waals surface area contributed by atoms with Crippen LogP contribution in [0.3, 0.4) is 0 Å². The second kappa shape index (κ2) is 14.7. The topological polar surface area (TPSA) is 149 Å². The molecule has 2 atom stereocenters. The SMILES string of the molecule is Cc1cc(-n2nc3c(c2-n2ccn(-c4ccc5c(cnn5C)c4F)c2=O)[C@H](C)N(C(=O)c2cc4cc(C5CCOC(C)(C)C5)ccc4n2S(=O)(=O)c2cnn(C)c2)CC3)cc(C)c1F. The first-order chi connectivity index (χ1) is 30.4. The van der Waals surface area contributed by atoms with E-state index in [1.165, 1.54) is 50.9 Å². The van der Waals surface area contributed by atoms with Gasteiger partial charge in [0.25, 0.3) is 15.9 Å². The molecule has 0 saturated carbocycles. The molecule has 2 aliphatic heterocycles. The van der Waals surface area contributed by atoms with E-state index in [0.29, 0.717) is 51.1 Å². The highest BCUT2D eigenvalue weighted by atomic mass is 32.2. The predicted octanol–water partition coefficient (Wildman–Crippen LogP) is 6.95. The van der Waals surface area contributed by atoms with Gasteiger partial charge in [-0.15, -0.1) is 0 Å². The minimum absolute atomic E-state index is 0.00819. The van der Waals surface area contributed by atoms with E-state index in [-0.39, 0.29) is 57.8 Å². The maximum atomic E-state index is 16.1. The lowest BCUT2D eigenvalue weighted by Crippen LogP contribution is -2.40. The normalized spacial score (nSPS) is 17.7. The molecule has 3 aromatic carbocycles. The molecule has 8 aromatic rings. The summed E-state index contributed by atoms with van der Waals surface area (Å²) in [6.07, 6.45) is 8.85. The van der Waals surface area contributed by atoms with Crippen LogP contribution in [0.5, 0.6) is 0 Å². The fourth-order valence-corrected chi connectivity index (χ4v) is 11.1. The van der Waals surface area contributed by atoms with Gasteiger partial charge in [-0.3, -0.25) is 23.3 Å². The number of benzene rings is 3. The summed E-state index contributed by atoms with van der Waals surface area (Å²) in [5.41, 5.74) is 3.22. The highest BCUT2D eigenvalue weighted by Gasteiger charge is 2.39. The van der Waals surface area contributed by atoms with E-state index in [1.807, 2.05) is 12.1 Å². The van der Waals surface area contributed by atoms with Crippen molar-refractivity contribution in [3.8, 4) is 17.2 Å². The van der Waals surface area contributed by atoms with E-state index in [2.05, 4.69) is 24.0 Å². The van der Waals surface area contributed by atoms with Crippen molar-refractivity contribution in [2.45, 2.75) is 76.3 Å². The third-order valence-electron chi connectivity index (χ3n) is 12.9. The second-order valence-corrected chi connectivity index (χ2v) is 19.4. The second-order valence-electron chi connectivity index (χ2n) is 17.6. The van der Waals surface area contributed by atoms with Gasteiger partial charge in [-0.25, -0.2) is 30.6 Å².